The number of hydrogen-bond acceptors (Lipinski definition) is 3. The highest BCUT2D eigenvalue weighted by molar-refractivity contribution is 5.69. The van der Waals surface area contributed by atoms with Crippen molar-refractivity contribution in [1.82, 2.24) is 4.90 Å². The topological polar surface area (TPSA) is 49.8 Å². The zero-order valence-electron chi connectivity index (χ0n) is 11.3. The smallest absolute Gasteiger partial charge is 0.480 e. The first-order chi connectivity index (χ1) is 9.82. The molecule has 1 aliphatic carbocycles. The Bertz CT molecular complexity index is 483. The Kier molecular flexibility index (Phi) is 4.72. The van der Waals surface area contributed by atoms with Crippen molar-refractivity contribution in [3.05, 3.63) is 29.8 Å². The molecule has 0 aromatic heterocycles. The van der Waals surface area contributed by atoms with Gasteiger partial charge in [-0.15, -0.1) is 13.2 Å². The molecular weight excluding hydrogens is 287 g/mol. The van der Waals surface area contributed by atoms with E-state index in [1.807, 2.05) is 0 Å². The van der Waals surface area contributed by atoms with Crippen LogP contribution >= 0.6 is 0 Å². The Balaban J connectivity index is 1.94. The number of alkyl halides is 3. The second-order valence-corrected chi connectivity index (χ2v) is 5.20. The van der Waals surface area contributed by atoms with E-state index in [0.29, 0.717) is 19.0 Å². The van der Waals surface area contributed by atoms with E-state index in [1.54, 1.807) is 4.90 Å². The minimum absolute atomic E-state index is 0.0721. The summed E-state index contributed by atoms with van der Waals surface area (Å²) in [6.07, 6.45) is -2.49. The van der Waals surface area contributed by atoms with Gasteiger partial charge in [-0.1, -0.05) is 12.1 Å². The lowest BCUT2D eigenvalue weighted by molar-refractivity contribution is -0.274. The maximum absolute atomic E-state index is 12.1. The van der Waals surface area contributed by atoms with Crippen LogP contribution in [0, 0.1) is 5.92 Å². The van der Waals surface area contributed by atoms with Gasteiger partial charge in [0.1, 0.15) is 5.75 Å². The van der Waals surface area contributed by atoms with Gasteiger partial charge in [-0.05, 0) is 36.5 Å². The molecule has 0 amide bonds. The molecule has 4 nitrogen and oxygen atoms in total. The number of rotatable bonds is 7. The van der Waals surface area contributed by atoms with Crippen LogP contribution in [0.2, 0.25) is 0 Å². The number of nitrogens with zero attached hydrogens (tertiary/aromatic N) is 1. The van der Waals surface area contributed by atoms with Crippen molar-refractivity contribution in [2.45, 2.75) is 25.7 Å². The second-order valence-electron chi connectivity index (χ2n) is 5.20. The molecule has 1 fully saturated rings. The van der Waals surface area contributed by atoms with E-state index in [0.717, 1.165) is 18.4 Å². The van der Waals surface area contributed by atoms with Gasteiger partial charge in [0.05, 0.1) is 6.54 Å². The molecule has 0 aliphatic heterocycles. The molecule has 21 heavy (non-hydrogen) atoms. The minimum Gasteiger partial charge on any atom is -0.480 e. The molecule has 0 bridgehead atoms. The van der Waals surface area contributed by atoms with Crippen LogP contribution in [0.1, 0.15) is 18.4 Å². The highest BCUT2D eigenvalue weighted by atomic mass is 19.4. The Hall–Kier alpha value is -1.76. The van der Waals surface area contributed by atoms with Gasteiger partial charge in [-0.3, -0.25) is 9.69 Å². The zero-order valence-corrected chi connectivity index (χ0v) is 11.3. The molecule has 1 aromatic rings. The summed E-state index contributed by atoms with van der Waals surface area (Å²) in [6, 6.07) is 5.50. The summed E-state index contributed by atoms with van der Waals surface area (Å²) in [7, 11) is 0. The normalized spacial score (nSPS) is 15.2. The molecule has 0 unspecified atom stereocenters. The van der Waals surface area contributed by atoms with E-state index in [1.165, 1.54) is 24.3 Å². The average molecular weight is 303 g/mol. The van der Waals surface area contributed by atoms with Crippen molar-refractivity contribution in [2.75, 3.05) is 13.1 Å². The van der Waals surface area contributed by atoms with Gasteiger partial charge < -0.3 is 9.84 Å². The highest BCUT2D eigenvalue weighted by Gasteiger charge is 2.31. The zero-order chi connectivity index (χ0) is 15.5. The van der Waals surface area contributed by atoms with E-state index in [-0.39, 0.29) is 12.3 Å². The second kappa shape index (κ2) is 6.34. The van der Waals surface area contributed by atoms with E-state index in [9.17, 15) is 18.0 Å². The fraction of sp³-hybridized carbons (Fsp3) is 0.500. The first kappa shape index (κ1) is 15.6. The van der Waals surface area contributed by atoms with Crippen LogP contribution in [0.3, 0.4) is 0 Å². The summed E-state index contributed by atoms with van der Waals surface area (Å²) in [6.45, 7) is 1.03. The van der Waals surface area contributed by atoms with Crippen LogP contribution in [-0.2, 0) is 11.3 Å². The number of halogens is 3. The van der Waals surface area contributed by atoms with Crippen molar-refractivity contribution in [2.24, 2.45) is 5.92 Å². The summed E-state index contributed by atoms with van der Waals surface area (Å²) < 4.78 is 39.9. The molecule has 1 saturated carbocycles. The molecule has 0 atom stereocenters. The lowest BCUT2D eigenvalue weighted by atomic mass is 10.2. The van der Waals surface area contributed by atoms with Gasteiger partial charge >= 0.3 is 12.3 Å². The number of carboxylic acid groups (broad SMARTS) is 1. The predicted octanol–water partition coefficient (Wildman–Crippen LogP) is 2.88. The van der Waals surface area contributed by atoms with Crippen molar-refractivity contribution in [3.63, 3.8) is 0 Å². The Morgan fingerprint density at radius 2 is 1.90 bits per heavy atom. The van der Waals surface area contributed by atoms with Gasteiger partial charge in [0, 0.05) is 13.1 Å². The molecule has 1 aromatic carbocycles. The predicted molar refractivity (Wildman–Crippen MR) is 68.8 cm³/mol. The molecule has 0 spiro atoms. The number of hydrogen-bond donors (Lipinski definition) is 1. The molecule has 7 heteroatoms. The molecule has 116 valence electrons. The highest BCUT2D eigenvalue weighted by Crippen LogP contribution is 2.30. The maximum atomic E-state index is 12.1. The van der Waals surface area contributed by atoms with Crippen LogP contribution in [0.25, 0.3) is 0 Å². The monoisotopic (exact) mass is 303 g/mol. The number of aliphatic carboxylic acids is 1. The van der Waals surface area contributed by atoms with E-state index >= 15 is 0 Å². The molecule has 0 radical (unpaired) electrons. The third-order valence-electron chi connectivity index (χ3n) is 3.14. The minimum atomic E-state index is -4.71. The number of benzene rings is 1. The third kappa shape index (κ3) is 6.03. The third-order valence-corrected chi connectivity index (χ3v) is 3.14. The molecular formula is C14H16F3NO3. The van der Waals surface area contributed by atoms with Crippen LogP contribution in [0.5, 0.6) is 5.75 Å². The SMILES string of the molecule is O=C(O)CN(Cc1ccc(OC(F)(F)F)cc1)CC1CC1. The van der Waals surface area contributed by atoms with Crippen molar-refractivity contribution >= 4 is 5.97 Å². The largest absolute Gasteiger partial charge is 0.573 e. The van der Waals surface area contributed by atoms with Crippen LogP contribution in [0.15, 0.2) is 24.3 Å². The van der Waals surface area contributed by atoms with Gasteiger partial charge in [0.2, 0.25) is 0 Å². The first-order valence-corrected chi connectivity index (χ1v) is 6.60. The molecule has 0 saturated heterocycles. The van der Waals surface area contributed by atoms with Gasteiger partial charge in [0.15, 0.2) is 0 Å². The van der Waals surface area contributed by atoms with Crippen LogP contribution < -0.4 is 4.74 Å². The van der Waals surface area contributed by atoms with E-state index < -0.39 is 12.3 Å². The molecule has 1 N–H and O–H groups in total. The molecule has 1 aliphatic rings. The lowest BCUT2D eigenvalue weighted by Crippen LogP contribution is -2.31. The van der Waals surface area contributed by atoms with Crippen LogP contribution in [0.4, 0.5) is 13.2 Å². The van der Waals surface area contributed by atoms with Crippen molar-refractivity contribution in [1.29, 1.82) is 0 Å². The Labute approximate surface area is 120 Å². The van der Waals surface area contributed by atoms with Gasteiger partial charge in [-0.25, -0.2) is 0 Å². The standard InChI is InChI=1S/C14H16F3NO3/c15-14(16,17)21-12-5-3-11(4-6-12)8-18(9-13(19)20)7-10-1-2-10/h3-6,10H,1-2,7-9H2,(H,19,20). The Morgan fingerprint density at radius 3 is 2.38 bits per heavy atom. The number of ether oxygens (including phenoxy) is 1. The number of carbonyl (C=O) groups is 1. The first-order valence-electron chi connectivity index (χ1n) is 6.60. The van der Waals surface area contributed by atoms with Gasteiger partial charge in [-0.2, -0.15) is 0 Å². The summed E-state index contributed by atoms with van der Waals surface area (Å²) >= 11 is 0. The van der Waals surface area contributed by atoms with Crippen molar-refractivity contribution in [3.8, 4) is 5.75 Å². The quantitative estimate of drug-likeness (QED) is 0.841. The Morgan fingerprint density at radius 1 is 1.29 bits per heavy atom. The summed E-state index contributed by atoms with van der Waals surface area (Å²) in [5.41, 5.74) is 0.756. The summed E-state index contributed by atoms with van der Waals surface area (Å²) in [5.74, 6) is -0.650. The van der Waals surface area contributed by atoms with Gasteiger partial charge in [0.25, 0.3) is 0 Å². The summed E-state index contributed by atoms with van der Waals surface area (Å²) in [5, 5.41) is 8.88. The van der Waals surface area contributed by atoms with E-state index in [2.05, 4.69) is 4.74 Å². The lowest BCUT2D eigenvalue weighted by Gasteiger charge is -2.20. The van der Waals surface area contributed by atoms with Crippen LogP contribution in [-0.4, -0.2) is 35.4 Å². The van der Waals surface area contributed by atoms with E-state index in [4.69, 9.17) is 5.11 Å². The number of carboxylic acids is 1. The fourth-order valence-electron chi connectivity index (χ4n) is 2.10. The molecule has 2 rings (SSSR count). The fourth-order valence-corrected chi connectivity index (χ4v) is 2.10. The van der Waals surface area contributed by atoms with Crippen molar-refractivity contribution < 1.29 is 27.8 Å². The molecule has 0 heterocycles. The average Bonchev–Trinajstić information content (AvgIpc) is 3.13. The summed E-state index contributed by atoms with van der Waals surface area (Å²) in [4.78, 5) is 12.6. The maximum Gasteiger partial charge on any atom is 0.573 e.